The van der Waals surface area contributed by atoms with Crippen LogP contribution < -0.4 is 5.73 Å². The molecule has 14 nitrogen and oxygen atoms in total. The molecule has 322 valence electrons. The molecule has 1 saturated heterocycles. The van der Waals surface area contributed by atoms with E-state index in [-0.39, 0.29) is 41.7 Å². The molecular weight excluding hydrogens is 750 g/mol. The number of hydrogen-bond acceptors (Lipinski definition) is 14. The van der Waals surface area contributed by atoms with Gasteiger partial charge in [0.2, 0.25) is 0 Å². The Balaban J connectivity index is 1.75. The van der Waals surface area contributed by atoms with Crippen LogP contribution in [0.1, 0.15) is 130 Å². The van der Waals surface area contributed by atoms with Gasteiger partial charge in [-0.05, 0) is 102 Å². The lowest BCUT2D eigenvalue weighted by atomic mass is 9.75. The van der Waals surface area contributed by atoms with Crippen molar-refractivity contribution in [1.82, 2.24) is 0 Å². The van der Waals surface area contributed by atoms with Gasteiger partial charge in [0, 0.05) is 31.8 Å². The van der Waals surface area contributed by atoms with Crippen LogP contribution in [-0.2, 0) is 60.5 Å². The number of aromatic hydroxyl groups is 1. The molecule has 14 heteroatoms. The Kier molecular flexibility index (Phi) is 15.7. The number of aliphatic hydroxyl groups is 2. The highest BCUT2D eigenvalue weighted by Crippen LogP contribution is 2.57. The summed E-state index contributed by atoms with van der Waals surface area (Å²) in [5.74, 6) is -5.14. The average Bonchev–Trinajstić information content (AvgIpc) is 3.50. The lowest BCUT2D eigenvalue weighted by Crippen LogP contribution is -2.64. The summed E-state index contributed by atoms with van der Waals surface area (Å²) in [7, 11) is 0. The van der Waals surface area contributed by atoms with Crippen molar-refractivity contribution in [1.29, 1.82) is 0 Å². The third-order valence-electron chi connectivity index (χ3n) is 12.0. The number of unbranched alkanes of at least 4 members (excludes halogenated alkanes) is 6. The molecule has 2 aliphatic carbocycles. The first-order valence-electron chi connectivity index (χ1n) is 20.7. The predicted octanol–water partition coefficient (Wildman–Crippen LogP) is 5.14. The maximum atomic E-state index is 13.7. The molecule has 3 aliphatic rings. The number of carbonyl (C=O) groups is 5. The van der Waals surface area contributed by atoms with Crippen LogP contribution in [0.4, 0.5) is 0 Å². The normalized spacial score (nSPS) is 29.2. The molecule has 0 aromatic heterocycles. The summed E-state index contributed by atoms with van der Waals surface area (Å²) >= 11 is 0. The molecule has 1 saturated carbocycles. The highest BCUT2D eigenvalue weighted by Gasteiger charge is 2.76. The molecule has 0 amide bonds. The second-order valence-corrected chi connectivity index (χ2v) is 16.4. The van der Waals surface area contributed by atoms with Crippen LogP contribution in [0.5, 0.6) is 5.75 Å². The fourth-order valence-electron chi connectivity index (χ4n) is 8.57. The van der Waals surface area contributed by atoms with Gasteiger partial charge in [-0.3, -0.25) is 14.4 Å². The highest BCUT2D eigenvalue weighted by molar-refractivity contribution is 5.88. The minimum Gasteiger partial charge on any atom is -0.508 e. The van der Waals surface area contributed by atoms with Crippen LogP contribution in [0.25, 0.3) is 0 Å². The van der Waals surface area contributed by atoms with E-state index in [0.717, 1.165) is 63.0 Å². The van der Waals surface area contributed by atoms with E-state index in [2.05, 4.69) is 6.92 Å². The zero-order valence-electron chi connectivity index (χ0n) is 35.1. The van der Waals surface area contributed by atoms with Crippen molar-refractivity contribution in [2.75, 3.05) is 6.54 Å². The van der Waals surface area contributed by atoms with E-state index in [9.17, 15) is 39.3 Å². The molecule has 2 fully saturated rings. The van der Waals surface area contributed by atoms with Crippen molar-refractivity contribution in [3.05, 3.63) is 52.1 Å². The number of benzene rings is 1. The number of aryl methyl sites for hydroxylation is 2. The zero-order valence-corrected chi connectivity index (χ0v) is 35.1. The maximum Gasteiger partial charge on any atom is 0.341 e. The van der Waals surface area contributed by atoms with Gasteiger partial charge in [0.1, 0.15) is 17.5 Å². The number of ether oxygens (including phenoxy) is 5. The van der Waals surface area contributed by atoms with Gasteiger partial charge >= 0.3 is 29.8 Å². The lowest BCUT2D eigenvalue weighted by molar-refractivity contribution is -0.212. The first-order chi connectivity index (χ1) is 27.4. The molecule has 2 unspecified atom stereocenters. The molecule has 5 N–H and O–H groups in total. The van der Waals surface area contributed by atoms with E-state index < -0.39 is 83.4 Å². The van der Waals surface area contributed by atoms with Crippen LogP contribution in [0, 0.1) is 5.92 Å². The monoisotopic (exact) mass is 813 g/mol. The Morgan fingerprint density at radius 1 is 0.931 bits per heavy atom. The second kappa shape index (κ2) is 19.7. The van der Waals surface area contributed by atoms with Crippen molar-refractivity contribution in [2.45, 2.75) is 173 Å². The van der Waals surface area contributed by atoms with E-state index in [4.69, 9.17) is 29.4 Å². The van der Waals surface area contributed by atoms with Crippen molar-refractivity contribution < 1.29 is 63.0 Å². The topological polar surface area (TPSA) is 218 Å². The smallest absolute Gasteiger partial charge is 0.341 e. The van der Waals surface area contributed by atoms with Gasteiger partial charge in [-0.25, -0.2) is 9.59 Å². The Hall–Kier alpha value is -4.27. The standard InChI is InChI=1S/C44H63NO13/c1-8-10-11-12-15-18-33(48)55-38-36-35(27(4)37(38)56-40(50)26(3)9-2)39-44(53,43(7,52)41(51)57-39)32(25-42(36,6)58-28(5)46)54-34(49)22-20-29-19-21-31(47)30(24-29)17-14-13-16-23-45/h9,19,21,24,32,36-39,47,52-53H,8,10-18,20,22-23,25,45H2,1-7H3/t32?,36-,37?,38+,39+,42+,43-,44-/m1/s1. The molecule has 1 aromatic rings. The lowest BCUT2D eigenvalue weighted by Gasteiger charge is -2.41. The van der Waals surface area contributed by atoms with Crippen LogP contribution in [0.2, 0.25) is 0 Å². The van der Waals surface area contributed by atoms with Crippen molar-refractivity contribution in [2.24, 2.45) is 11.7 Å². The summed E-state index contributed by atoms with van der Waals surface area (Å²) < 4.78 is 29.9. The molecule has 1 aromatic carbocycles. The van der Waals surface area contributed by atoms with Gasteiger partial charge in [0.15, 0.2) is 29.5 Å². The SMILES string of the molecule is CC=C(C)C(=O)OC1C(C)=C2[C@H]([C@@H]1OC(=O)CCCCCCC)[C@@](C)(OC(C)=O)CC(OC(=O)CCc1ccc(O)c(CCCCCN)c1)[C@@]1(O)[C@H]2OC(=O)[C@@]1(C)O. The Bertz CT molecular complexity index is 1750. The summed E-state index contributed by atoms with van der Waals surface area (Å²) in [4.78, 5) is 67.0. The van der Waals surface area contributed by atoms with E-state index in [0.29, 0.717) is 19.4 Å². The Morgan fingerprint density at radius 3 is 2.26 bits per heavy atom. The first-order valence-corrected chi connectivity index (χ1v) is 20.7. The Labute approximate surface area is 341 Å². The quantitative estimate of drug-likeness (QED) is 0.0468. The van der Waals surface area contributed by atoms with Gasteiger partial charge < -0.3 is 44.7 Å². The van der Waals surface area contributed by atoms with Crippen molar-refractivity contribution in [3.8, 4) is 5.75 Å². The number of phenolic OH excluding ortho intramolecular Hbond substituents is 1. The van der Waals surface area contributed by atoms with Crippen LogP contribution in [-0.4, -0.2) is 92.9 Å². The molecule has 0 radical (unpaired) electrons. The molecule has 4 rings (SSSR count). The van der Waals surface area contributed by atoms with E-state index in [1.807, 2.05) is 6.07 Å². The van der Waals surface area contributed by atoms with Crippen LogP contribution in [0.15, 0.2) is 41.0 Å². The van der Waals surface area contributed by atoms with Gasteiger partial charge in [-0.15, -0.1) is 0 Å². The summed E-state index contributed by atoms with van der Waals surface area (Å²) in [5, 5.41) is 35.0. The minimum atomic E-state index is -2.66. The summed E-state index contributed by atoms with van der Waals surface area (Å²) in [6, 6.07) is 5.07. The summed E-state index contributed by atoms with van der Waals surface area (Å²) in [5.41, 5.74) is 0.626. The number of rotatable bonds is 19. The largest absolute Gasteiger partial charge is 0.508 e. The highest BCUT2D eigenvalue weighted by atomic mass is 16.6. The number of esters is 5. The van der Waals surface area contributed by atoms with Crippen molar-refractivity contribution >= 4 is 29.8 Å². The maximum absolute atomic E-state index is 13.7. The van der Waals surface area contributed by atoms with Gasteiger partial charge in [0.25, 0.3) is 0 Å². The van der Waals surface area contributed by atoms with Crippen LogP contribution in [0.3, 0.4) is 0 Å². The number of allylic oxidation sites excluding steroid dienone is 1. The number of carbonyl (C=O) groups excluding carboxylic acids is 5. The molecule has 1 aliphatic heterocycles. The molecule has 58 heavy (non-hydrogen) atoms. The minimum absolute atomic E-state index is 0.0499. The number of hydrogen-bond donors (Lipinski definition) is 4. The third kappa shape index (κ3) is 9.94. The number of phenols is 1. The predicted molar refractivity (Wildman–Crippen MR) is 212 cm³/mol. The Morgan fingerprint density at radius 2 is 1.60 bits per heavy atom. The zero-order chi connectivity index (χ0) is 43.0. The molecular formula is C44H63NO13. The summed E-state index contributed by atoms with van der Waals surface area (Å²) in [6.07, 6.45) is 2.62. The average molecular weight is 814 g/mol. The van der Waals surface area contributed by atoms with E-state index >= 15 is 0 Å². The fraction of sp³-hybridized carbons (Fsp3) is 0.659. The first kappa shape index (κ1) is 46.4. The number of fused-ring (bicyclic) bond motifs is 3. The second-order valence-electron chi connectivity index (χ2n) is 16.4. The molecule has 8 atom stereocenters. The van der Waals surface area contributed by atoms with Gasteiger partial charge in [0.05, 0.1) is 5.92 Å². The molecule has 1 heterocycles. The van der Waals surface area contributed by atoms with Crippen molar-refractivity contribution in [3.63, 3.8) is 0 Å². The molecule has 0 bridgehead atoms. The van der Waals surface area contributed by atoms with Crippen LogP contribution >= 0.6 is 0 Å². The molecule has 0 spiro atoms. The summed E-state index contributed by atoms with van der Waals surface area (Å²) in [6.45, 7) is 11.2. The van der Waals surface area contributed by atoms with Gasteiger partial charge in [-0.2, -0.15) is 0 Å². The fourth-order valence-corrected chi connectivity index (χ4v) is 8.57. The van der Waals surface area contributed by atoms with E-state index in [1.54, 1.807) is 39.0 Å². The third-order valence-corrected chi connectivity index (χ3v) is 12.0. The van der Waals surface area contributed by atoms with E-state index in [1.165, 1.54) is 13.8 Å². The van der Waals surface area contributed by atoms with Gasteiger partial charge in [-0.1, -0.05) is 57.2 Å². The number of nitrogens with two attached hydrogens (primary N) is 1.